The summed E-state index contributed by atoms with van der Waals surface area (Å²) in [5, 5.41) is 9.72. The predicted molar refractivity (Wildman–Crippen MR) is 74.3 cm³/mol. The van der Waals surface area contributed by atoms with Gasteiger partial charge in [-0.25, -0.2) is 0 Å². The van der Waals surface area contributed by atoms with E-state index >= 15 is 0 Å². The first-order valence-corrected chi connectivity index (χ1v) is 6.73. The molecule has 1 aromatic carbocycles. The lowest BCUT2D eigenvalue weighted by molar-refractivity contribution is -0.152. The molecule has 0 bridgehead atoms. The Morgan fingerprint density at radius 1 is 1.16 bits per heavy atom. The molecule has 0 aromatic heterocycles. The molecule has 4 heteroatoms. The van der Waals surface area contributed by atoms with Crippen LogP contribution in [0.3, 0.4) is 0 Å². The van der Waals surface area contributed by atoms with Crippen molar-refractivity contribution in [3.8, 4) is 5.75 Å². The molecule has 0 heterocycles. The number of benzene rings is 1. The number of aliphatic hydroxyl groups excluding tert-OH is 1. The van der Waals surface area contributed by atoms with E-state index in [-0.39, 0.29) is 6.29 Å². The van der Waals surface area contributed by atoms with Gasteiger partial charge in [-0.2, -0.15) is 0 Å². The zero-order chi connectivity index (χ0) is 14.3. The Morgan fingerprint density at radius 2 is 1.79 bits per heavy atom. The summed E-state index contributed by atoms with van der Waals surface area (Å²) >= 11 is 0. The van der Waals surface area contributed by atoms with Gasteiger partial charge in [-0.15, -0.1) is 0 Å². The summed E-state index contributed by atoms with van der Waals surface area (Å²) < 4.78 is 16.6. The Bertz CT molecular complexity index is 370. The standard InChI is InChI=1S/C15H24O4/c1-5-17-15(18-6-2)10-19-14-9-11(3)7-8-13(14)12(4)16/h7-9,12,15-16H,5-6,10H2,1-4H3/t12-/m0/s1. The summed E-state index contributed by atoms with van der Waals surface area (Å²) in [5.41, 5.74) is 1.86. The summed E-state index contributed by atoms with van der Waals surface area (Å²) in [5.74, 6) is 0.680. The minimum absolute atomic E-state index is 0.310. The molecule has 19 heavy (non-hydrogen) atoms. The van der Waals surface area contributed by atoms with Gasteiger partial charge in [-0.3, -0.25) is 0 Å². The van der Waals surface area contributed by atoms with E-state index in [1.807, 2.05) is 39.0 Å². The first kappa shape index (κ1) is 16.0. The minimum Gasteiger partial charge on any atom is -0.488 e. The Kier molecular flexibility index (Phi) is 6.84. The summed E-state index contributed by atoms with van der Waals surface area (Å²) in [4.78, 5) is 0. The van der Waals surface area contributed by atoms with E-state index in [1.165, 1.54) is 0 Å². The van der Waals surface area contributed by atoms with Gasteiger partial charge in [0.1, 0.15) is 12.4 Å². The minimum atomic E-state index is -0.562. The third-order valence-electron chi connectivity index (χ3n) is 2.70. The van der Waals surface area contributed by atoms with Crippen molar-refractivity contribution < 1.29 is 19.3 Å². The van der Waals surface area contributed by atoms with Crippen LogP contribution in [0.15, 0.2) is 18.2 Å². The molecule has 108 valence electrons. The van der Waals surface area contributed by atoms with Crippen molar-refractivity contribution in [1.29, 1.82) is 0 Å². The smallest absolute Gasteiger partial charge is 0.191 e. The van der Waals surface area contributed by atoms with Crippen molar-refractivity contribution in [3.05, 3.63) is 29.3 Å². The molecular formula is C15H24O4. The van der Waals surface area contributed by atoms with E-state index in [2.05, 4.69) is 0 Å². The zero-order valence-corrected chi connectivity index (χ0v) is 12.2. The maximum absolute atomic E-state index is 9.72. The highest BCUT2D eigenvalue weighted by Crippen LogP contribution is 2.26. The molecule has 0 aliphatic carbocycles. The number of aryl methyl sites for hydroxylation is 1. The fourth-order valence-electron chi connectivity index (χ4n) is 1.79. The van der Waals surface area contributed by atoms with Gasteiger partial charge in [-0.05, 0) is 39.3 Å². The van der Waals surface area contributed by atoms with Crippen molar-refractivity contribution in [2.24, 2.45) is 0 Å². The van der Waals surface area contributed by atoms with E-state index in [0.717, 1.165) is 11.1 Å². The Labute approximate surface area is 115 Å². The fourth-order valence-corrected chi connectivity index (χ4v) is 1.79. The largest absolute Gasteiger partial charge is 0.488 e. The van der Waals surface area contributed by atoms with Gasteiger partial charge in [0, 0.05) is 18.8 Å². The van der Waals surface area contributed by atoms with Gasteiger partial charge in [0.2, 0.25) is 0 Å². The molecule has 0 aliphatic rings. The quantitative estimate of drug-likeness (QED) is 0.736. The predicted octanol–water partition coefficient (Wildman–Crippen LogP) is 2.83. The van der Waals surface area contributed by atoms with E-state index < -0.39 is 6.10 Å². The summed E-state index contributed by atoms with van der Waals surface area (Å²) in [7, 11) is 0. The monoisotopic (exact) mass is 268 g/mol. The molecule has 1 atom stereocenters. The number of hydrogen-bond donors (Lipinski definition) is 1. The molecule has 0 radical (unpaired) electrons. The van der Waals surface area contributed by atoms with Crippen LogP contribution in [0.2, 0.25) is 0 Å². The molecule has 0 amide bonds. The summed E-state index contributed by atoms with van der Waals surface area (Å²) in [6.07, 6.45) is -0.939. The zero-order valence-electron chi connectivity index (χ0n) is 12.2. The maximum atomic E-state index is 9.72. The van der Waals surface area contributed by atoms with Crippen molar-refractivity contribution in [1.82, 2.24) is 0 Å². The van der Waals surface area contributed by atoms with Crippen LogP contribution in [0.4, 0.5) is 0 Å². The second-order valence-corrected chi connectivity index (χ2v) is 4.37. The Balaban J connectivity index is 2.71. The lowest BCUT2D eigenvalue weighted by atomic mass is 10.1. The van der Waals surface area contributed by atoms with Gasteiger partial charge in [0.05, 0.1) is 6.10 Å². The van der Waals surface area contributed by atoms with Crippen LogP contribution in [0.1, 0.15) is 38.0 Å². The molecule has 0 aliphatic heterocycles. The van der Waals surface area contributed by atoms with Crippen molar-refractivity contribution in [2.75, 3.05) is 19.8 Å². The summed E-state index contributed by atoms with van der Waals surface area (Å²) in [6, 6.07) is 5.75. The van der Waals surface area contributed by atoms with Crippen LogP contribution in [0.5, 0.6) is 5.75 Å². The average Bonchev–Trinajstić information content (AvgIpc) is 2.36. The molecule has 0 saturated heterocycles. The van der Waals surface area contributed by atoms with Gasteiger partial charge in [0.15, 0.2) is 6.29 Å². The highest BCUT2D eigenvalue weighted by atomic mass is 16.7. The lowest BCUT2D eigenvalue weighted by Crippen LogP contribution is -2.25. The first-order chi connectivity index (χ1) is 9.08. The Hall–Kier alpha value is -1.10. The van der Waals surface area contributed by atoms with Gasteiger partial charge in [-0.1, -0.05) is 12.1 Å². The molecule has 0 fully saturated rings. The van der Waals surface area contributed by atoms with Crippen LogP contribution >= 0.6 is 0 Å². The van der Waals surface area contributed by atoms with Crippen molar-refractivity contribution in [3.63, 3.8) is 0 Å². The highest BCUT2D eigenvalue weighted by molar-refractivity contribution is 5.38. The molecular weight excluding hydrogens is 244 g/mol. The fraction of sp³-hybridized carbons (Fsp3) is 0.600. The average molecular weight is 268 g/mol. The topological polar surface area (TPSA) is 47.9 Å². The third-order valence-corrected chi connectivity index (χ3v) is 2.70. The SMILES string of the molecule is CCOC(COc1cc(C)ccc1[C@H](C)O)OCC. The van der Waals surface area contributed by atoms with Crippen LogP contribution in [-0.2, 0) is 9.47 Å². The molecule has 0 saturated carbocycles. The maximum Gasteiger partial charge on any atom is 0.191 e. The molecule has 0 spiro atoms. The number of aliphatic hydroxyl groups is 1. The lowest BCUT2D eigenvalue weighted by Gasteiger charge is -2.19. The molecule has 1 N–H and O–H groups in total. The van der Waals surface area contributed by atoms with Crippen molar-refractivity contribution in [2.45, 2.75) is 40.1 Å². The van der Waals surface area contributed by atoms with Gasteiger partial charge < -0.3 is 19.3 Å². The molecule has 1 aromatic rings. The number of hydrogen-bond acceptors (Lipinski definition) is 4. The molecule has 4 nitrogen and oxygen atoms in total. The Morgan fingerprint density at radius 3 is 2.32 bits per heavy atom. The second kappa shape index (κ2) is 8.15. The van der Waals surface area contributed by atoms with Crippen LogP contribution < -0.4 is 4.74 Å². The molecule has 1 rings (SSSR count). The van der Waals surface area contributed by atoms with Gasteiger partial charge in [0.25, 0.3) is 0 Å². The summed E-state index contributed by atoms with van der Waals surface area (Å²) in [6.45, 7) is 9.00. The van der Waals surface area contributed by atoms with E-state index in [4.69, 9.17) is 14.2 Å². The van der Waals surface area contributed by atoms with E-state index in [1.54, 1.807) is 6.92 Å². The highest BCUT2D eigenvalue weighted by Gasteiger charge is 2.13. The normalized spacial score (nSPS) is 12.7. The number of ether oxygens (including phenoxy) is 3. The van der Waals surface area contributed by atoms with Crippen molar-refractivity contribution >= 4 is 0 Å². The first-order valence-electron chi connectivity index (χ1n) is 6.73. The molecule has 0 unspecified atom stereocenters. The third kappa shape index (κ3) is 5.19. The number of rotatable bonds is 8. The van der Waals surface area contributed by atoms with Crippen LogP contribution in [0.25, 0.3) is 0 Å². The van der Waals surface area contributed by atoms with E-state index in [9.17, 15) is 5.11 Å². The van der Waals surface area contributed by atoms with E-state index in [0.29, 0.717) is 25.6 Å². The van der Waals surface area contributed by atoms with Crippen LogP contribution in [0, 0.1) is 6.92 Å². The second-order valence-electron chi connectivity index (χ2n) is 4.37. The van der Waals surface area contributed by atoms with Gasteiger partial charge >= 0.3 is 0 Å². The van der Waals surface area contributed by atoms with Crippen LogP contribution in [-0.4, -0.2) is 31.2 Å².